The summed E-state index contributed by atoms with van der Waals surface area (Å²) in [5.41, 5.74) is 2.82. The molecule has 0 fully saturated rings. The molecule has 0 spiro atoms. The molecule has 6 heteroatoms. The van der Waals surface area contributed by atoms with Crippen molar-refractivity contribution in [2.24, 2.45) is 0 Å². The molecule has 0 aliphatic heterocycles. The average Bonchev–Trinajstić information content (AvgIpc) is 2.71. The van der Waals surface area contributed by atoms with Gasteiger partial charge in [0.15, 0.2) is 6.61 Å². The van der Waals surface area contributed by atoms with Crippen LogP contribution in [0.5, 0.6) is 11.5 Å². The quantitative estimate of drug-likeness (QED) is 0.478. The van der Waals surface area contributed by atoms with E-state index in [9.17, 15) is 9.59 Å². The Morgan fingerprint density at radius 2 is 1.75 bits per heavy atom. The first-order chi connectivity index (χ1) is 13.5. The summed E-state index contributed by atoms with van der Waals surface area (Å²) in [7, 11) is 2.98. The highest BCUT2D eigenvalue weighted by molar-refractivity contribution is 6.03. The monoisotopic (exact) mass is 379 g/mol. The maximum Gasteiger partial charge on any atom is 0.340 e. The van der Waals surface area contributed by atoms with E-state index < -0.39 is 12.6 Å². The number of benzene rings is 2. The van der Waals surface area contributed by atoms with Crippen molar-refractivity contribution >= 4 is 22.7 Å². The second kappa shape index (κ2) is 8.08. The summed E-state index contributed by atoms with van der Waals surface area (Å²) in [5, 5.41) is 0.876. The Balaban J connectivity index is 1.83. The van der Waals surface area contributed by atoms with Crippen molar-refractivity contribution in [3.8, 4) is 11.5 Å². The van der Waals surface area contributed by atoms with Crippen molar-refractivity contribution in [3.05, 3.63) is 64.8 Å². The number of Topliss-reactive ketones (excluding diaryl/α,β-unsaturated/α-hetero) is 1. The molecule has 1 heterocycles. The molecule has 0 amide bonds. The molecule has 0 saturated heterocycles. The van der Waals surface area contributed by atoms with Gasteiger partial charge in [0, 0.05) is 5.39 Å². The zero-order valence-electron chi connectivity index (χ0n) is 16.2. The van der Waals surface area contributed by atoms with Gasteiger partial charge in [-0.25, -0.2) is 4.79 Å². The lowest BCUT2D eigenvalue weighted by Gasteiger charge is -2.13. The van der Waals surface area contributed by atoms with Crippen LogP contribution in [-0.2, 0) is 4.74 Å². The molecule has 2 aromatic carbocycles. The van der Waals surface area contributed by atoms with Gasteiger partial charge < -0.3 is 14.2 Å². The number of hydrogen-bond acceptors (Lipinski definition) is 6. The van der Waals surface area contributed by atoms with E-state index in [4.69, 9.17) is 14.2 Å². The fraction of sp³-hybridized carbons (Fsp3) is 0.227. The third-order valence-corrected chi connectivity index (χ3v) is 4.58. The molecule has 0 aliphatic rings. The van der Waals surface area contributed by atoms with Crippen LogP contribution >= 0.6 is 0 Å². The number of carbonyl (C=O) groups is 2. The van der Waals surface area contributed by atoms with Crippen molar-refractivity contribution in [1.29, 1.82) is 0 Å². The van der Waals surface area contributed by atoms with E-state index in [1.54, 1.807) is 25.1 Å². The summed E-state index contributed by atoms with van der Waals surface area (Å²) in [5.74, 6) is -0.0564. The first-order valence-electron chi connectivity index (χ1n) is 8.74. The number of ether oxygens (including phenoxy) is 3. The average molecular weight is 379 g/mol. The van der Waals surface area contributed by atoms with Crippen LogP contribution in [0.3, 0.4) is 0 Å². The summed E-state index contributed by atoms with van der Waals surface area (Å²) in [4.78, 5) is 29.7. The highest BCUT2D eigenvalue weighted by Gasteiger charge is 2.20. The van der Waals surface area contributed by atoms with Gasteiger partial charge in [-0.1, -0.05) is 18.2 Å². The van der Waals surface area contributed by atoms with Gasteiger partial charge in [0.05, 0.1) is 36.6 Å². The standard InChI is InChI=1S/C22H21NO5/c1-13-16-7-5-6-8-18(16)23-14(2)21(13)22(25)28-12-19(24)17-11-15(26-3)9-10-20(17)27-4/h5-11H,12H2,1-4H3. The molecule has 0 bridgehead atoms. The van der Waals surface area contributed by atoms with Crippen LogP contribution in [0.1, 0.15) is 32.0 Å². The summed E-state index contributed by atoms with van der Waals surface area (Å²) in [6.45, 7) is 3.19. The van der Waals surface area contributed by atoms with Gasteiger partial charge in [-0.2, -0.15) is 0 Å². The highest BCUT2D eigenvalue weighted by Crippen LogP contribution is 2.26. The molecular weight excluding hydrogens is 358 g/mol. The Kier molecular flexibility index (Phi) is 5.59. The molecule has 0 radical (unpaired) electrons. The fourth-order valence-electron chi connectivity index (χ4n) is 3.14. The van der Waals surface area contributed by atoms with Crippen LogP contribution in [0.2, 0.25) is 0 Å². The number of para-hydroxylation sites is 1. The lowest BCUT2D eigenvalue weighted by atomic mass is 10.0. The van der Waals surface area contributed by atoms with Gasteiger partial charge in [0.25, 0.3) is 0 Å². The molecule has 0 aliphatic carbocycles. The Morgan fingerprint density at radius 1 is 1.00 bits per heavy atom. The number of methoxy groups -OCH3 is 2. The predicted octanol–water partition coefficient (Wildman–Crippen LogP) is 3.91. The number of fused-ring (bicyclic) bond motifs is 1. The second-order valence-corrected chi connectivity index (χ2v) is 6.28. The van der Waals surface area contributed by atoms with E-state index >= 15 is 0 Å². The third kappa shape index (κ3) is 3.67. The van der Waals surface area contributed by atoms with Gasteiger partial charge in [-0.05, 0) is 43.7 Å². The van der Waals surface area contributed by atoms with Crippen LogP contribution in [0.15, 0.2) is 42.5 Å². The minimum absolute atomic E-state index is 0.291. The maximum absolute atomic E-state index is 12.7. The van der Waals surface area contributed by atoms with Crippen molar-refractivity contribution in [3.63, 3.8) is 0 Å². The first-order valence-corrected chi connectivity index (χ1v) is 8.74. The normalized spacial score (nSPS) is 10.6. The molecule has 144 valence electrons. The van der Waals surface area contributed by atoms with E-state index in [-0.39, 0.29) is 5.78 Å². The molecular formula is C22H21NO5. The zero-order valence-corrected chi connectivity index (χ0v) is 16.2. The highest BCUT2D eigenvalue weighted by atomic mass is 16.5. The van der Waals surface area contributed by atoms with Crippen LogP contribution in [0, 0.1) is 13.8 Å². The molecule has 3 aromatic rings. The Labute approximate surface area is 163 Å². The third-order valence-electron chi connectivity index (χ3n) is 4.58. The Hall–Kier alpha value is -3.41. The van der Waals surface area contributed by atoms with E-state index in [2.05, 4.69) is 4.98 Å². The number of aryl methyl sites for hydroxylation is 2. The van der Waals surface area contributed by atoms with Crippen molar-refractivity contribution in [1.82, 2.24) is 4.98 Å². The Bertz CT molecular complexity index is 1060. The van der Waals surface area contributed by atoms with Crippen LogP contribution in [0.4, 0.5) is 0 Å². The summed E-state index contributed by atoms with van der Waals surface area (Å²) >= 11 is 0. The van der Waals surface area contributed by atoms with Crippen LogP contribution in [-0.4, -0.2) is 37.6 Å². The number of carbonyl (C=O) groups excluding carboxylic acids is 2. The van der Waals surface area contributed by atoms with Crippen LogP contribution in [0.25, 0.3) is 10.9 Å². The van der Waals surface area contributed by atoms with Gasteiger partial charge in [-0.3, -0.25) is 9.78 Å². The lowest BCUT2D eigenvalue weighted by Crippen LogP contribution is -2.17. The lowest BCUT2D eigenvalue weighted by molar-refractivity contribution is 0.0472. The SMILES string of the molecule is COc1ccc(OC)c(C(=O)COC(=O)c2c(C)nc3ccccc3c2C)c1. The molecule has 28 heavy (non-hydrogen) atoms. The summed E-state index contributed by atoms with van der Waals surface area (Å²) < 4.78 is 15.7. The largest absolute Gasteiger partial charge is 0.497 e. The van der Waals surface area contributed by atoms with E-state index in [1.807, 2.05) is 31.2 Å². The number of rotatable bonds is 6. The molecule has 0 N–H and O–H groups in total. The van der Waals surface area contributed by atoms with Gasteiger partial charge in [0.2, 0.25) is 5.78 Å². The van der Waals surface area contributed by atoms with Gasteiger partial charge in [0.1, 0.15) is 11.5 Å². The molecule has 1 aromatic heterocycles. The number of pyridine rings is 1. The topological polar surface area (TPSA) is 74.7 Å². The first kappa shape index (κ1) is 19.4. The maximum atomic E-state index is 12.7. The number of ketones is 1. The molecule has 0 unspecified atom stereocenters. The molecule has 3 rings (SSSR count). The number of aromatic nitrogens is 1. The second-order valence-electron chi connectivity index (χ2n) is 6.28. The van der Waals surface area contributed by atoms with Crippen LogP contribution < -0.4 is 9.47 Å². The fourth-order valence-corrected chi connectivity index (χ4v) is 3.14. The minimum atomic E-state index is -0.580. The van der Waals surface area contributed by atoms with Crippen molar-refractivity contribution in [2.45, 2.75) is 13.8 Å². The minimum Gasteiger partial charge on any atom is -0.497 e. The van der Waals surface area contributed by atoms with Crippen molar-refractivity contribution in [2.75, 3.05) is 20.8 Å². The zero-order chi connectivity index (χ0) is 20.3. The molecule has 6 nitrogen and oxygen atoms in total. The summed E-state index contributed by atoms with van der Waals surface area (Å²) in [6.07, 6.45) is 0. The van der Waals surface area contributed by atoms with Gasteiger partial charge in [-0.15, -0.1) is 0 Å². The smallest absolute Gasteiger partial charge is 0.340 e. The Morgan fingerprint density at radius 3 is 2.46 bits per heavy atom. The van der Waals surface area contributed by atoms with Gasteiger partial charge >= 0.3 is 5.97 Å². The van der Waals surface area contributed by atoms with E-state index in [0.29, 0.717) is 28.3 Å². The number of nitrogens with zero attached hydrogens (tertiary/aromatic N) is 1. The summed E-state index contributed by atoms with van der Waals surface area (Å²) in [6, 6.07) is 12.5. The van der Waals surface area contributed by atoms with Crippen molar-refractivity contribution < 1.29 is 23.8 Å². The molecule has 0 saturated carbocycles. The number of hydrogen-bond donors (Lipinski definition) is 0. The predicted molar refractivity (Wildman–Crippen MR) is 105 cm³/mol. The number of esters is 1. The molecule has 0 atom stereocenters. The van der Waals surface area contributed by atoms with E-state index in [0.717, 1.165) is 16.5 Å². The van der Waals surface area contributed by atoms with E-state index in [1.165, 1.54) is 14.2 Å².